The summed E-state index contributed by atoms with van der Waals surface area (Å²) in [6.07, 6.45) is 0. The van der Waals surface area contributed by atoms with Crippen molar-refractivity contribution in [3.8, 4) is 11.5 Å². The summed E-state index contributed by atoms with van der Waals surface area (Å²) in [4.78, 5) is 35.9. The number of rotatable bonds is 8. The van der Waals surface area contributed by atoms with E-state index in [4.69, 9.17) is 25.8 Å². The van der Waals surface area contributed by atoms with Gasteiger partial charge < -0.3 is 24.8 Å². The smallest absolute Gasteiger partial charge is 0.338 e. The number of urea groups is 1. The number of ether oxygens (including phenoxy) is 3. The minimum absolute atomic E-state index is 0.0534. The summed E-state index contributed by atoms with van der Waals surface area (Å²) >= 11 is 5.95. The zero-order chi connectivity index (χ0) is 23.3. The Morgan fingerprint density at radius 2 is 1.94 bits per heavy atom. The Balaban J connectivity index is 1.99. The Kier molecular flexibility index (Phi) is 7.16. The Morgan fingerprint density at radius 1 is 1.22 bits per heavy atom. The molecule has 0 aromatic heterocycles. The highest BCUT2D eigenvalue weighted by molar-refractivity contribution is 6.30. The van der Waals surface area contributed by atoms with E-state index < -0.39 is 23.0 Å². The number of esters is 1. The Hall–Kier alpha value is -3.79. The van der Waals surface area contributed by atoms with Crippen LogP contribution >= 0.6 is 11.6 Å². The Morgan fingerprint density at radius 3 is 2.56 bits per heavy atom. The quantitative estimate of drug-likeness (QED) is 0.349. The highest BCUT2D eigenvalue weighted by Crippen LogP contribution is 2.33. The van der Waals surface area contributed by atoms with E-state index in [1.54, 1.807) is 31.2 Å². The first-order valence-corrected chi connectivity index (χ1v) is 9.90. The molecule has 3 rings (SSSR count). The van der Waals surface area contributed by atoms with Gasteiger partial charge in [-0.05, 0) is 36.8 Å². The first-order valence-electron chi connectivity index (χ1n) is 9.52. The van der Waals surface area contributed by atoms with Crippen LogP contribution in [0.5, 0.6) is 11.5 Å². The van der Waals surface area contributed by atoms with Gasteiger partial charge in [-0.1, -0.05) is 23.7 Å². The van der Waals surface area contributed by atoms with Crippen molar-refractivity contribution in [1.82, 2.24) is 10.6 Å². The summed E-state index contributed by atoms with van der Waals surface area (Å²) in [6, 6.07) is 9.30. The first kappa shape index (κ1) is 22.9. The molecule has 1 aliphatic rings. The van der Waals surface area contributed by atoms with Crippen molar-refractivity contribution in [1.29, 1.82) is 0 Å². The molecule has 0 aliphatic carbocycles. The molecule has 1 heterocycles. The van der Waals surface area contributed by atoms with Gasteiger partial charge in [0.2, 0.25) is 0 Å². The predicted molar refractivity (Wildman–Crippen MR) is 115 cm³/mol. The molecule has 2 N–H and O–H groups in total. The van der Waals surface area contributed by atoms with Crippen molar-refractivity contribution in [3.63, 3.8) is 0 Å². The van der Waals surface area contributed by atoms with E-state index in [1.807, 2.05) is 0 Å². The lowest BCUT2D eigenvalue weighted by atomic mass is 9.95. The third-order valence-electron chi connectivity index (χ3n) is 4.59. The molecule has 0 radical (unpaired) electrons. The van der Waals surface area contributed by atoms with Crippen LogP contribution in [0, 0.1) is 10.1 Å². The Bertz CT molecular complexity index is 1070. The van der Waals surface area contributed by atoms with E-state index in [9.17, 15) is 19.7 Å². The van der Waals surface area contributed by atoms with Gasteiger partial charge in [0.15, 0.2) is 5.75 Å². The fourth-order valence-electron chi connectivity index (χ4n) is 3.13. The van der Waals surface area contributed by atoms with Crippen molar-refractivity contribution in [2.45, 2.75) is 13.0 Å². The molecule has 2 aromatic carbocycles. The van der Waals surface area contributed by atoms with E-state index in [-0.39, 0.29) is 41.7 Å². The van der Waals surface area contributed by atoms with E-state index in [1.165, 1.54) is 25.3 Å². The van der Waals surface area contributed by atoms with Gasteiger partial charge in [-0.15, -0.1) is 0 Å². The lowest BCUT2D eigenvalue weighted by Gasteiger charge is -2.29. The average molecular weight is 462 g/mol. The lowest BCUT2D eigenvalue weighted by Crippen LogP contribution is -2.47. The standard InChI is InChI=1S/C21H20ClN3O7/c1-3-31-20(26)18-15(11-32-17-9-8-14(30-2)10-16(17)25(28)29)23-21(27)24-19(18)12-4-6-13(22)7-5-12/h4-10,19H,3,11H2,1-2H3,(H2,23,24,27). The molecule has 168 valence electrons. The molecular weight excluding hydrogens is 442 g/mol. The van der Waals surface area contributed by atoms with Crippen molar-refractivity contribution >= 4 is 29.3 Å². The fraction of sp³-hybridized carbons (Fsp3) is 0.238. The highest BCUT2D eigenvalue weighted by Gasteiger charge is 2.34. The molecule has 0 saturated heterocycles. The molecule has 2 amide bonds. The number of nitro benzene ring substituents is 1. The predicted octanol–water partition coefficient (Wildman–Crippen LogP) is 3.51. The number of carbonyl (C=O) groups is 2. The van der Waals surface area contributed by atoms with Gasteiger partial charge in [0.25, 0.3) is 0 Å². The minimum atomic E-state index is -0.829. The maximum Gasteiger partial charge on any atom is 0.338 e. The first-order chi connectivity index (χ1) is 15.3. The highest BCUT2D eigenvalue weighted by atomic mass is 35.5. The van der Waals surface area contributed by atoms with Crippen molar-refractivity contribution < 1.29 is 28.7 Å². The largest absolute Gasteiger partial charge is 0.496 e. The number of amides is 2. The van der Waals surface area contributed by atoms with E-state index in [0.29, 0.717) is 10.6 Å². The monoisotopic (exact) mass is 461 g/mol. The van der Waals surface area contributed by atoms with Crippen LogP contribution < -0.4 is 20.1 Å². The lowest BCUT2D eigenvalue weighted by molar-refractivity contribution is -0.385. The molecular formula is C21H20ClN3O7. The van der Waals surface area contributed by atoms with Crippen LogP contribution in [0.25, 0.3) is 0 Å². The number of hydrogen-bond donors (Lipinski definition) is 2. The number of benzene rings is 2. The molecule has 0 fully saturated rings. The van der Waals surface area contributed by atoms with Crippen LogP contribution in [0.1, 0.15) is 18.5 Å². The summed E-state index contributed by atoms with van der Waals surface area (Å²) in [5.74, 6) is -0.432. The van der Waals surface area contributed by atoms with Crippen molar-refractivity contribution in [3.05, 3.63) is 74.4 Å². The van der Waals surface area contributed by atoms with Crippen molar-refractivity contribution in [2.75, 3.05) is 20.3 Å². The molecule has 0 spiro atoms. The zero-order valence-electron chi connectivity index (χ0n) is 17.2. The van der Waals surface area contributed by atoms with Gasteiger partial charge >= 0.3 is 17.7 Å². The van der Waals surface area contributed by atoms with Crippen molar-refractivity contribution in [2.24, 2.45) is 0 Å². The van der Waals surface area contributed by atoms with Crippen LogP contribution in [0.4, 0.5) is 10.5 Å². The normalized spacial score (nSPS) is 15.5. The molecule has 1 unspecified atom stereocenters. The van der Waals surface area contributed by atoms with Gasteiger partial charge in [-0.2, -0.15) is 0 Å². The molecule has 11 heteroatoms. The van der Waals surface area contributed by atoms with Crippen LogP contribution in [0.2, 0.25) is 5.02 Å². The Labute approximate surface area is 188 Å². The molecule has 32 heavy (non-hydrogen) atoms. The second-order valence-corrected chi connectivity index (χ2v) is 7.01. The summed E-state index contributed by atoms with van der Waals surface area (Å²) in [5, 5.41) is 17.1. The number of nitro groups is 1. The summed E-state index contributed by atoms with van der Waals surface area (Å²) in [6.45, 7) is 1.45. The molecule has 10 nitrogen and oxygen atoms in total. The summed E-state index contributed by atoms with van der Waals surface area (Å²) in [5.41, 5.74) is 0.514. The van der Waals surface area contributed by atoms with Gasteiger partial charge in [-0.3, -0.25) is 10.1 Å². The third-order valence-corrected chi connectivity index (χ3v) is 4.84. The van der Waals surface area contributed by atoms with E-state index >= 15 is 0 Å². The number of nitrogens with one attached hydrogen (secondary N) is 2. The third kappa shape index (κ3) is 5.09. The summed E-state index contributed by atoms with van der Waals surface area (Å²) in [7, 11) is 1.39. The number of carbonyl (C=O) groups excluding carboxylic acids is 2. The summed E-state index contributed by atoms with van der Waals surface area (Å²) < 4.78 is 15.8. The second-order valence-electron chi connectivity index (χ2n) is 6.58. The van der Waals surface area contributed by atoms with Gasteiger partial charge in [0.05, 0.1) is 42.0 Å². The molecule has 0 bridgehead atoms. The fourth-order valence-corrected chi connectivity index (χ4v) is 3.25. The van der Waals surface area contributed by atoms with E-state index in [0.717, 1.165) is 0 Å². The average Bonchev–Trinajstić information content (AvgIpc) is 2.77. The van der Waals surface area contributed by atoms with Crippen LogP contribution in [-0.2, 0) is 9.53 Å². The molecule has 2 aromatic rings. The second kappa shape index (κ2) is 10.0. The van der Waals surface area contributed by atoms with Gasteiger partial charge in [0.1, 0.15) is 12.4 Å². The molecule has 1 atom stereocenters. The van der Waals surface area contributed by atoms with Gasteiger partial charge in [0, 0.05) is 5.02 Å². The maximum atomic E-state index is 12.8. The zero-order valence-corrected chi connectivity index (χ0v) is 18.0. The SMILES string of the molecule is CCOC(=O)C1=C(COc2ccc(OC)cc2[N+](=O)[O-])NC(=O)NC1c1ccc(Cl)cc1. The van der Waals surface area contributed by atoms with Gasteiger partial charge in [-0.25, -0.2) is 9.59 Å². The maximum absolute atomic E-state index is 12.8. The van der Waals surface area contributed by atoms with Crippen LogP contribution in [0.3, 0.4) is 0 Å². The number of hydrogen-bond acceptors (Lipinski definition) is 7. The minimum Gasteiger partial charge on any atom is -0.496 e. The molecule has 0 saturated carbocycles. The van der Waals surface area contributed by atoms with Crippen LogP contribution in [0.15, 0.2) is 53.7 Å². The molecule has 1 aliphatic heterocycles. The number of nitrogens with zero attached hydrogens (tertiary/aromatic N) is 1. The topological polar surface area (TPSA) is 129 Å². The number of methoxy groups -OCH3 is 1. The van der Waals surface area contributed by atoms with Crippen LogP contribution in [-0.4, -0.2) is 37.2 Å². The number of halogens is 1. The van der Waals surface area contributed by atoms with E-state index in [2.05, 4.69) is 10.6 Å².